The number of anilines is 2. The Morgan fingerprint density at radius 3 is 1.97 bits per heavy atom. The van der Waals surface area contributed by atoms with Crippen molar-refractivity contribution in [3.8, 4) is 11.5 Å². The van der Waals surface area contributed by atoms with Crippen LogP contribution >= 0.6 is 0 Å². The molecule has 8 nitrogen and oxygen atoms in total. The molecular formula is C26H27N5O3. The average molecular weight is 458 g/mol. The number of nitrogens with zero attached hydrogens (tertiary/aromatic N) is 3. The fourth-order valence-electron chi connectivity index (χ4n) is 3.51. The Morgan fingerprint density at radius 1 is 0.824 bits per heavy atom. The molecule has 8 heteroatoms. The highest BCUT2D eigenvalue weighted by Crippen LogP contribution is 2.21. The van der Waals surface area contributed by atoms with Crippen LogP contribution in [0.4, 0.5) is 11.9 Å². The molecule has 0 saturated heterocycles. The van der Waals surface area contributed by atoms with E-state index >= 15 is 0 Å². The van der Waals surface area contributed by atoms with Gasteiger partial charge in [0.15, 0.2) is 0 Å². The molecule has 0 atom stereocenters. The molecule has 0 saturated carbocycles. The van der Waals surface area contributed by atoms with Crippen LogP contribution in [0.1, 0.15) is 27.0 Å². The van der Waals surface area contributed by atoms with Crippen molar-refractivity contribution in [2.45, 2.75) is 20.0 Å². The number of hydrogen-bond acceptors (Lipinski definition) is 7. The van der Waals surface area contributed by atoms with Crippen molar-refractivity contribution in [1.29, 1.82) is 0 Å². The van der Waals surface area contributed by atoms with Crippen LogP contribution in [0.5, 0.6) is 11.5 Å². The lowest BCUT2D eigenvalue weighted by Gasteiger charge is -2.10. The number of para-hydroxylation sites is 2. The first-order valence-corrected chi connectivity index (χ1v) is 10.9. The van der Waals surface area contributed by atoms with Crippen molar-refractivity contribution in [2.24, 2.45) is 0 Å². The summed E-state index contributed by atoms with van der Waals surface area (Å²) in [6, 6.07) is 22.7. The second-order valence-electron chi connectivity index (χ2n) is 7.67. The Bertz CT molecular complexity index is 1270. The summed E-state index contributed by atoms with van der Waals surface area (Å²) in [6.07, 6.45) is 0. The molecule has 0 aliphatic carbocycles. The van der Waals surface area contributed by atoms with Gasteiger partial charge in [0.1, 0.15) is 11.5 Å². The summed E-state index contributed by atoms with van der Waals surface area (Å²) in [6.45, 7) is 2.83. The number of aryl methyl sites for hydroxylation is 1. The first kappa shape index (κ1) is 22.8. The van der Waals surface area contributed by atoms with E-state index in [1.807, 2.05) is 67.6 Å². The van der Waals surface area contributed by atoms with Crippen molar-refractivity contribution in [1.82, 2.24) is 14.8 Å². The van der Waals surface area contributed by atoms with Crippen LogP contribution < -0.4 is 20.1 Å². The fourth-order valence-corrected chi connectivity index (χ4v) is 3.51. The van der Waals surface area contributed by atoms with E-state index in [2.05, 4.69) is 20.7 Å². The largest absolute Gasteiger partial charge is 0.496 e. The fraction of sp³-hybridized carbons (Fsp3) is 0.192. The summed E-state index contributed by atoms with van der Waals surface area (Å²) in [5.74, 6) is 1.90. The Kier molecular flexibility index (Phi) is 7.07. The summed E-state index contributed by atoms with van der Waals surface area (Å²) in [7, 11) is 3.26. The standard InChI is InChI=1S/C26H27N5O3/c1-18-12-14-19(15-13-18)24(32)31-26(28-17-21-9-5-7-11-23(21)34-3)29-25(30-31)27-16-20-8-4-6-10-22(20)33-2/h4-15H,16-17H2,1-3H3,(H2,27,28,29,30). The number of benzene rings is 3. The molecule has 0 aliphatic heterocycles. The maximum atomic E-state index is 13.2. The summed E-state index contributed by atoms with van der Waals surface area (Å²) >= 11 is 0. The number of ether oxygens (including phenoxy) is 2. The molecule has 1 aromatic heterocycles. The van der Waals surface area contributed by atoms with Gasteiger partial charge >= 0.3 is 0 Å². The minimum Gasteiger partial charge on any atom is -0.496 e. The van der Waals surface area contributed by atoms with Crippen LogP contribution in [-0.2, 0) is 13.1 Å². The lowest BCUT2D eigenvalue weighted by atomic mass is 10.1. The molecule has 3 aromatic carbocycles. The van der Waals surface area contributed by atoms with Gasteiger partial charge in [0.2, 0.25) is 11.9 Å². The van der Waals surface area contributed by atoms with E-state index in [1.165, 1.54) is 4.68 Å². The second-order valence-corrected chi connectivity index (χ2v) is 7.67. The highest BCUT2D eigenvalue weighted by Gasteiger charge is 2.18. The van der Waals surface area contributed by atoms with Gasteiger partial charge in [-0.15, -0.1) is 5.10 Å². The third-order valence-corrected chi connectivity index (χ3v) is 5.36. The summed E-state index contributed by atoms with van der Waals surface area (Å²) in [4.78, 5) is 17.8. The topological polar surface area (TPSA) is 90.3 Å². The van der Waals surface area contributed by atoms with Gasteiger partial charge in [-0.3, -0.25) is 4.79 Å². The monoisotopic (exact) mass is 457 g/mol. The van der Waals surface area contributed by atoms with Crippen molar-refractivity contribution in [2.75, 3.05) is 24.9 Å². The molecule has 0 radical (unpaired) electrons. The van der Waals surface area contributed by atoms with Crippen molar-refractivity contribution in [3.63, 3.8) is 0 Å². The molecule has 2 N–H and O–H groups in total. The Balaban J connectivity index is 1.60. The smallest absolute Gasteiger partial charge is 0.281 e. The number of methoxy groups -OCH3 is 2. The molecule has 0 fully saturated rings. The van der Waals surface area contributed by atoms with Crippen molar-refractivity contribution in [3.05, 3.63) is 95.1 Å². The first-order valence-electron chi connectivity index (χ1n) is 10.9. The normalized spacial score (nSPS) is 10.6. The summed E-state index contributed by atoms with van der Waals surface area (Å²) < 4.78 is 12.1. The lowest BCUT2D eigenvalue weighted by molar-refractivity contribution is 0.0947. The molecule has 0 unspecified atom stereocenters. The second kappa shape index (κ2) is 10.5. The van der Waals surface area contributed by atoms with Crippen LogP contribution in [0, 0.1) is 6.92 Å². The molecule has 0 spiro atoms. The number of rotatable bonds is 9. The third-order valence-electron chi connectivity index (χ3n) is 5.36. The van der Waals surface area contributed by atoms with E-state index in [4.69, 9.17) is 9.47 Å². The Hall–Kier alpha value is -4.33. The molecule has 1 heterocycles. The molecule has 4 rings (SSSR count). The van der Waals surface area contributed by atoms with E-state index in [0.29, 0.717) is 30.5 Å². The average Bonchev–Trinajstić information content (AvgIpc) is 3.29. The van der Waals surface area contributed by atoms with Crippen LogP contribution in [0.15, 0.2) is 72.8 Å². The van der Waals surface area contributed by atoms with E-state index < -0.39 is 0 Å². The molecule has 0 bridgehead atoms. The molecule has 34 heavy (non-hydrogen) atoms. The van der Waals surface area contributed by atoms with E-state index in [0.717, 1.165) is 28.2 Å². The van der Waals surface area contributed by atoms with Gasteiger partial charge in [-0.2, -0.15) is 9.67 Å². The van der Waals surface area contributed by atoms with Crippen LogP contribution in [-0.4, -0.2) is 34.9 Å². The number of carbonyl (C=O) groups excluding carboxylic acids is 1. The SMILES string of the molecule is COc1ccccc1CNc1nc(NCc2ccccc2OC)n(C(=O)c2ccc(C)cc2)n1. The minimum absolute atomic E-state index is 0.277. The van der Waals surface area contributed by atoms with Crippen LogP contribution in [0.25, 0.3) is 0 Å². The number of hydrogen-bond donors (Lipinski definition) is 2. The van der Waals surface area contributed by atoms with E-state index in [9.17, 15) is 4.79 Å². The molecular weight excluding hydrogens is 430 g/mol. The highest BCUT2D eigenvalue weighted by atomic mass is 16.5. The summed E-state index contributed by atoms with van der Waals surface area (Å²) in [5.41, 5.74) is 3.48. The van der Waals surface area contributed by atoms with Gasteiger partial charge in [0, 0.05) is 29.8 Å². The maximum absolute atomic E-state index is 13.2. The van der Waals surface area contributed by atoms with Gasteiger partial charge in [-0.1, -0.05) is 54.1 Å². The lowest BCUT2D eigenvalue weighted by Crippen LogP contribution is -2.17. The number of carbonyl (C=O) groups is 1. The van der Waals surface area contributed by atoms with Gasteiger partial charge in [-0.05, 0) is 31.2 Å². The summed E-state index contributed by atoms with van der Waals surface area (Å²) in [5, 5.41) is 10.9. The Morgan fingerprint density at radius 2 is 1.38 bits per heavy atom. The first-order chi connectivity index (χ1) is 16.6. The number of nitrogens with one attached hydrogen (secondary N) is 2. The predicted octanol–water partition coefficient (Wildman–Crippen LogP) is 4.52. The van der Waals surface area contributed by atoms with E-state index in [-0.39, 0.29) is 5.91 Å². The highest BCUT2D eigenvalue weighted by molar-refractivity contribution is 5.97. The van der Waals surface area contributed by atoms with Crippen molar-refractivity contribution >= 4 is 17.8 Å². The minimum atomic E-state index is -0.277. The van der Waals surface area contributed by atoms with Gasteiger partial charge in [-0.25, -0.2) is 0 Å². The van der Waals surface area contributed by atoms with Gasteiger partial charge in [0.25, 0.3) is 5.91 Å². The molecule has 0 aliphatic rings. The van der Waals surface area contributed by atoms with Crippen LogP contribution in [0.3, 0.4) is 0 Å². The molecule has 174 valence electrons. The molecule has 4 aromatic rings. The third kappa shape index (κ3) is 5.17. The maximum Gasteiger partial charge on any atom is 0.281 e. The zero-order chi connectivity index (χ0) is 23.9. The van der Waals surface area contributed by atoms with Gasteiger partial charge in [0.05, 0.1) is 14.2 Å². The van der Waals surface area contributed by atoms with Crippen molar-refractivity contribution < 1.29 is 14.3 Å². The zero-order valence-electron chi connectivity index (χ0n) is 19.4. The zero-order valence-corrected chi connectivity index (χ0v) is 19.4. The van der Waals surface area contributed by atoms with Gasteiger partial charge < -0.3 is 20.1 Å². The Labute approximate surface area is 198 Å². The predicted molar refractivity (Wildman–Crippen MR) is 132 cm³/mol. The number of aromatic nitrogens is 3. The molecule has 0 amide bonds. The van der Waals surface area contributed by atoms with E-state index in [1.54, 1.807) is 26.4 Å². The quantitative estimate of drug-likeness (QED) is 0.382. The van der Waals surface area contributed by atoms with Crippen LogP contribution in [0.2, 0.25) is 0 Å².